The van der Waals surface area contributed by atoms with Gasteiger partial charge in [0.05, 0.1) is 28.4 Å². The van der Waals surface area contributed by atoms with Crippen LogP contribution in [0.25, 0.3) is 22.0 Å². The van der Waals surface area contributed by atoms with Crippen molar-refractivity contribution in [3.8, 4) is 11.1 Å². The Bertz CT molecular complexity index is 1000. The fourth-order valence-electron chi connectivity index (χ4n) is 4.06. The van der Waals surface area contributed by atoms with Crippen LogP contribution in [-0.4, -0.2) is 30.5 Å². The number of hydrogen-bond donors (Lipinski definition) is 4. The maximum absolute atomic E-state index is 12.0. The number of carbonyl (C=O) groups is 1. The standard InChI is InChI=1S/C20H24N2O4S/c1-20(2)9-12(4-6-27(20,24)25)17-10-22-18-15(17)7-14(8-16(18)19(21)23)13-3-5-26-11-13/h3,5,7-8,10-12,22,24-25H,4,6,9H2,1-2H3,(H2,21,23). The SMILES string of the molecule is CC1(C)CC(c2c[nH]c3c(C(N)=O)cc(-c4ccoc4)cc23)CCS1(O)O. The van der Waals surface area contributed by atoms with Crippen molar-refractivity contribution in [1.82, 2.24) is 4.98 Å². The molecule has 144 valence electrons. The molecule has 6 nitrogen and oxygen atoms in total. The Morgan fingerprint density at radius 1 is 1.33 bits per heavy atom. The molecule has 3 heterocycles. The lowest BCUT2D eigenvalue weighted by molar-refractivity contribution is 0.100. The van der Waals surface area contributed by atoms with E-state index >= 15 is 0 Å². The second-order valence-electron chi connectivity index (χ2n) is 7.89. The summed E-state index contributed by atoms with van der Waals surface area (Å²) >= 11 is 0. The number of aromatic nitrogens is 1. The first kappa shape index (κ1) is 18.2. The number of carbonyl (C=O) groups excluding carboxylic acids is 1. The molecular weight excluding hydrogens is 364 g/mol. The first-order valence-electron chi connectivity index (χ1n) is 8.92. The number of amides is 1. The summed E-state index contributed by atoms with van der Waals surface area (Å²) in [6.45, 7) is 3.82. The van der Waals surface area contributed by atoms with Gasteiger partial charge in [0, 0.05) is 22.9 Å². The Hall–Kier alpha value is -2.22. The van der Waals surface area contributed by atoms with Gasteiger partial charge in [0.15, 0.2) is 0 Å². The molecule has 2 aromatic heterocycles. The highest BCUT2D eigenvalue weighted by atomic mass is 32.3. The fourth-order valence-corrected chi connectivity index (χ4v) is 5.69. The molecule has 1 aliphatic heterocycles. The van der Waals surface area contributed by atoms with E-state index in [4.69, 9.17) is 10.2 Å². The van der Waals surface area contributed by atoms with Gasteiger partial charge < -0.3 is 15.1 Å². The molecule has 0 radical (unpaired) electrons. The Morgan fingerprint density at radius 3 is 2.74 bits per heavy atom. The molecule has 1 atom stereocenters. The van der Waals surface area contributed by atoms with Crippen LogP contribution >= 0.6 is 10.6 Å². The minimum absolute atomic E-state index is 0.175. The minimum Gasteiger partial charge on any atom is -0.472 e. The molecule has 1 fully saturated rings. The molecule has 1 saturated heterocycles. The minimum atomic E-state index is -2.60. The van der Waals surface area contributed by atoms with Crippen LogP contribution in [0.3, 0.4) is 0 Å². The van der Waals surface area contributed by atoms with Gasteiger partial charge in [0.25, 0.3) is 5.91 Å². The number of hydrogen-bond acceptors (Lipinski definition) is 4. The van der Waals surface area contributed by atoms with E-state index < -0.39 is 21.2 Å². The van der Waals surface area contributed by atoms with Gasteiger partial charge in [-0.2, -0.15) is 10.6 Å². The monoisotopic (exact) mass is 388 g/mol. The Kier molecular flexibility index (Phi) is 4.14. The number of primary amides is 1. The van der Waals surface area contributed by atoms with Gasteiger partial charge in [-0.05, 0) is 61.9 Å². The molecule has 3 aromatic rings. The summed E-state index contributed by atoms with van der Waals surface area (Å²) in [5.41, 5.74) is 9.61. The van der Waals surface area contributed by atoms with Gasteiger partial charge in [0.1, 0.15) is 0 Å². The average Bonchev–Trinajstić information content (AvgIpc) is 3.25. The molecular formula is C20H24N2O4S. The van der Waals surface area contributed by atoms with Crippen LogP contribution in [0.15, 0.2) is 41.3 Å². The van der Waals surface area contributed by atoms with E-state index in [0.29, 0.717) is 24.2 Å². The van der Waals surface area contributed by atoms with Gasteiger partial charge >= 0.3 is 0 Å². The molecule has 1 aromatic carbocycles. The highest BCUT2D eigenvalue weighted by Gasteiger charge is 2.41. The van der Waals surface area contributed by atoms with Crippen LogP contribution in [0, 0.1) is 0 Å². The van der Waals surface area contributed by atoms with E-state index in [-0.39, 0.29) is 5.92 Å². The van der Waals surface area contributed by atoms with Gasteiger partial charge in [-0.1, -0.05) is 0 Å². The number of nitrogens with two attached hydrogens (primary N) is 1. The molecule has 0 bridgehead atoms. The number of fused-ring (bicyclic) bond motifs is 1. The number of nitrogens with one attached hydrogen (secondary N) is 1. The summed E-state index contributed by atoms with van der Waals surface area (Å²) in [5.74, 6) is 0.0763. The van der Waals surface area contributed by atoms with Crippen molar-refractivity contribution in [3.05, 3.63) is 48.0 Å². The summed E-state index contributed by atoms with van der Waals surface area (Å²) in [5, 5.41) is 0.946. The predicted octanol–water partition coefficient (Wildman–Crippen LogP) is 4.93. The number of H-pyrrole nitrogens is 1. The van der Waals surface area contributed by atoms with Crippen LogP contribution in [0.4, 0.5) is 0 Å². The summed E-state index contributed by atoms with van der Waals surface area (Å²) in [6, 6.07) is 5.66. The lowest BCUT2D eigenvalue weighted by Gasteiger charge is -2.52. The van der Waals surface area contributed by atoms with Crippen molar-refractivity contribution < 1.29 is 18.3 Å². The summed E-state index contributed by atoms with van der Waals surface area (Å²) in [4.78, 5) is 15.2. The van der Waals surface area contributed by atoms with E-state index in [9.17, 15) is 13.9 Å². The molecule has 5 N–H and O–H groups in total. The third-order valence-electron chi connectivity index (χ3n) is 5.76. The zero-order valence-electron chi connectivity index (χ0n) is 15.4. The average molecular weight is 388 g/mol. The summed E-state index contributed by atoms with van der Waals surface area (Å²) < 4.78 is 25.4. The van der Waals surface area contributed by atoms with Gasteiger partial charge in [-0.25, -0.2) is 0 Å². The normalized spacial score (nSPS) is 22.6. The van der Waals surface area contributed by atoms with E-state index in [2.05, 4.69) is 4.98 Å². The maximum atomic E-state index is 12.0. The fraction of sp³-hybridized carbons (Fsp3) is 0.350. The third-order valence-corrected chi connectivity index (χ3v) is 8.50. The molecule has 7 heteroatoms. The van der Waals surface area contributed by atoms with E-state index in [1.54, 1.807) is 18.6 Å². The number of rotatable bonds is 3. The molecule has 27 heavy (non-hydrogen) atoms. The Balaban J connectivity index is 1.84. The molecule has 4 rings (SSSR count). The first-order valence-corrected chi connectivity index (χ1v) is 10.6. The van der Waals surface area contributed by atoms with Gasteiger partial charge in [0.2, 0.25) is 0 Å². The molecule has 1 aliphatic rings. The highest BCUT2D eigenvalue weighted by molar-refractivity contribution is 8.25. The van der Waals surface area contributed by atoms with Crippen molar-refractivity contribution in [1.29, 1.82) is 0 Å². The van der Waals surface area contributed by atoms with Gasteiger partial charge in [-0.15, -0.1) is 0 Å². The van der Waals surface area contributed by atoms with Crippen molar-refractivity contribution in [2.24, 2.45) is 5.73 Å². The van der Waals surface area contributed by atoms with Crippen LogP contribution in [0.2, 0.25) is 0 Å². The van der Waals surface area contributed by atoms with E-state index in [1.165, 1.54) is 0 Å². The predicted molar refractivity (Wildman–Crippen MR) is 108 cm³/mol. The van der Waals surface area contributed by atoms with Crippen molar-refractivity contribution >= 4 is 27.4 Å². The van der Waals surface area contributed by atoms with Crippen molar-refractivity contribution in [3.63, 3.8) is 0 Å². The molecule has 0 spiro atoms. The van der Waals surface area contributed by atoms with Crippen LogP contribution < -0.4 is 5.73 Å². The maximum Gasteiger partial charge on any atom is 0.250 e. The molecule has 1 unspecified atom stereocenters. The second-order valence-corrected chi connectivity index (χ2v) is 10.7. The number of benzene rings is 1. The lowest BCUT2D eigenvalue weighted by atomic mass is 9.86. The van der Waals surface area contributed by atoms with Crippen molar-refractivity contribution in [2.45, 2.75) is 37.4 Å². The topological polar surface area (TPSA) is 112 Å². The number of furan rings is 1. The van der Waals surface area contributed by atoms with E-state index in [0.717, 1.165) is 27.6 Å². The Morgan fingerprint density at radius 2 is 2.11 bits per heavy atom. The van der Waals surface area contributed by atoms with Crippen LogP contribution in [0.1, 0.15) is 48.5 Å². The van der Waals surface area contributed by atoms with Gasteiger partial charge in [-0.3, -0.25) is 13.9 Å². The third kappa shape index (κ3) is 2.96. The Labute approximate surface area is 159 Å². The summed E-state index contributed by atoms with van der Waals surface area (Å²) in [6.07, 6.45) is 6.52. The molecule has 0 aliphatic carbocycles. The van der Waals surface area contributed by atoms with Crippen LogP contribution in [-0.2, 0) is 0 Å². The summed E-state index contributed by atoms with van der Waals surface area (Å²) in [7, 11) is -2.60. The number of aromatic amines is 1. The largest absolute Gasteiger partial charge is 0.472 e. The molecule has 1 amide bonds. The zero-order chi connectivity index (χ0) is 19.4. The van der Waals surface area contributed by atoms with E-state index in [1.807, 2.05) is 32.2 Å². The van der Waals surface area contributed by atoms with Crippen LogP contribution in [0.5, 0.6) is 0 Å². The van der Waals surface area contributed by atoms with Crippen molar-refractivity contribution in [2.75, 3.05) is 5.75 Å². The smallest absolute Gasteiger partial charge is 0.250 e. The lowest BCUT2D eigenvalue weighted by Crippen LogP contribution is -2.36. The second kappa shape index (κ2) is 6.15. The zero-order valence-corrected chi connectivity index (χ0v) is 16.2. The molecule has 0 saturated carbocycles. The highest BCUT2D eigenvalue weighted by Crippen LogP contribution is 2.61. The first-order chi connectivity index (χ1) is 12.7. The quantitative estimate of drug-likeness (QED) is 0.509.